The first-order chi connectivity index (χ1) is 19.0. The molecule has 2 atom stereocenters. The van der Waals surface area contributed by atoms with E-state index in [1.165, 1.54) is 24.5 Å². The van der Waals surface area contributed by atoms with Crippen molar-refractivity contribution in [3.63, 3.8) is 0 Å². The number of carbonyl (C=O) groups is 1. The first-order valence-electron chi connectivity index (χ1n) is 12.9. The van der Waals surface area contributed by atoms with Crippen molar-refractivity contribution >= 4 is 23.2 Å². The van der Waals surface area contributed by atoms with Gasteiger partial charge in [0, 0.05) is 61.8 Å². The number of anilines is 3. The van der Waals surface area contributed by atoms with Crippen LogP contribution in [0.15, 0.2) is 30.7 Å². The molecule has 2 fully saturated rings. The van der Waals surface area contributed by atoms with Crippen molar-refractivity contribution in [1.82, 2.24) is 25.1 Å². The second-order valence-electron chi connectivity index (χ2n) is 10.1. The van der Waals surface area contributed by atoms with Crippen molar-refractivity contribution in [2.24, 2.45) is 0 Å². The predicted octanol–water partition coefficient (Wildman–Crippen LogP) is 3.64. The molecule has 5 rings (SSSR count). The van der Waals surface area contributed by atoms with E-state index in [0.29, 0.717) is 56.6 Å². The molecule has 3 aromatic rings. The van der Waals surface area contributed by atoms with E-state index in [2.05, 4.69) is 25.3 Å². The molecule has 0 radical (unpaired) electrons. The van der Waals surface area contributed by atoms with Crippen molar-refractivity contribution in [3.05, 3.63) is 47.8 Å². The first kappa shape index (κ1) is 27.8. The zero-order chi connectivity index (χ0) is 28.6. The van der Waals surface area contributed by atoms with Gasteiger partial charge in [-0.1, -0.05) is 0 Å². The lowest BCUT2D eigenvalue weighted by atomic mass is 10.0. The average Bonchev–Trinajstić information content (AvgIpc) is 3.44. The standard InChI is InChI=1S/C26H30F4N8O2/c1-15-13-38(14-16(2)36(15)3)22-9-20(27)18(17-10-31-25(32-11-17)37-4-6-40-7-5-37)8-21(22)34-24(39)19-12-33-35-23(19)26(28,29)30/h8-12,15-16H,4-7,13-14H2,1-3H3,(H,33,35)(H,34,39)/t15-,16+. The third kappa shape index (κ3) is 5.59. The number of aromatic amines is 1. The van der Waals surface area contributed by atoms with Crippen LogP contribution in [0.3, 0.4) is 0 Å². The van der Waals surface area contributed by atoms with Gasteiger partial charge in [-0.05, 0) is 33.0 Å². The number of rotatable bonds is 5. The Kier molecular flexibility index (Phi) is 7.64. The number of morpholine rings is 1. The Morgan fingerprint density at radius 3 is 2.33 bits per heavy atom. The van der Waals surface area contributed by atoms with Crippen LogP contribution in [0.1, 0.15) is 29.9 Å². The Morgan fingerprint density at radius 2 is 1.70 bits per heavy atom. The van der Waals surface area contributed by atoms with Crippen LogP contribution in [-0.4, -0.2) is 89.5 Å². The molecule has 1 aromatic carbocycles. The number of hydrogen-bond acceptors (Lipinski definition) is 8. The van der Waals surface area contributed by atoms with Crippen LogP contribution in [0, 0.1) is 5.82 Å². The summed E-state index contributed by atoms with van der Waals surface area (Å²) in [5.41, 5.74) is -0.936. The molecule has 2 saturated heterocycles. The van der Waals surface area contributed by atoms with E-state index in [0.717, 1.165) is 6.20 Å². The summed E-state index contributed by atoms with van der Waals surface area (Å²) < 4.78 is 61.3. The van der Waals surface area contributed by atoms with E-state index in [1.807, 2.05) is 35.8 Å². The van der Waals surface area contributed by atoms with Crippen molar-refractivity contribution in [3.8, 4) is 11.1 Å². The molecular formula is C26H30F4N8O2. The molecule has 10 nitrogen and oxygen atoms in total. The van der Waals surface area contributed by atoms with Crippen molar-refractivity contribution in [2.75, 3.05) is 61.6 Å². The average molecular weight is 563 g/mol. The van der Waals surface area contributed by atoms with Crippen LogP contribution in [0.25, 0.3) is 11.1 Å². The SMILES string of the molecule is C[C@@H]1CN(c2cc(F)c(-c3cnc(N4CCOCC4)nc3)cc2NC(=O)c2cn[nH]c2C(F)(F)F)C[C@H](C)N1C. The number of piperazine rings is 1. The molecule has 214 valence electrons. The number of benzene rings is 1. The molecule has 0 bridgehead atoms. The molecule has 40 heavy (non-hydrogen) atoms. The maximum atomic E-state index is 15.6. The van der Waals surface area contributed by atoms with Gasteiger partial charge in [-0.25, -0.2) is 14.4 Å². The summed E-state index contributed by atoms with van der Waals surface area (Å²) in [6, 6.07) is 2.94. The van der Waals surface area contributed by atoms with Gasteiger partial charge in [0.15, 0.2) is 5.69 Å². The number of nitrogens with zero attached hydrogens (tertiary/aromatic N) is 6. The maximum absolute atomic E-state index is 15.6. The highest BCUT2D eigenvalue weighted by atomic mass is 19.4. The topological polar surface area (TPSA) is 103 Å². The van der Waals surface area contributed by atoms with Crippen LogP contribution >= 0.6 is 0 Å². The number of H-pyrrole nitrogens is 1. The summed E-state index contributed by atoms with van der Waals surface area (Å²) in [5.74, 6) is -1.11. The number of halogens is 4. The van der Waals surface area contributed by atoms with Gasteiger partial charge in [-0.2, -0.15) is 18.3 Å². The van der Waals surface area contributed by atoms with Gasteiger partial charge in [0.25, 0.3) is 5.91 Å². The molecule has 2 N–H and O–H groups in total. The zero-order valence-corrected chi connectivity index (χ0v) is 22.3. The highest BCUT2D eigenvalue weighted by Crippen LogP contribution is 2.37. The molecule has 0 saturated carbocycles. The molecule has 4 heterocycles. The van der Waals surface area contributed by atoms with Crippen LogP contribution in [0.2, 0.25) is 0 Å². The van der Waals surface area contributed by atoms with Gasteiger partial charge >= 0.3 is 6.18 Å². The fourth-order valence-corrected chi connectivity index (χ4v) is 5.00. The highest BCUT2D eigenvalue weighted by Gasteiger charge is 2.38. The molecule has 0 aliphatic carbocycles. The number of hydrogen-bond donors (Lipinski definition) is 2. The molecular weight excluding hydrogens is 532 g/mol. The van der Waals surface area contributed by atoms with Crippen LogP contribution in [0.4, 0.5) is 34.9 Å². The van der Waals surface area contributed by atoms with E-state index in [1.54, 1.807) is 0 Å². The number of ether oxygens (including phenoxy) is 1. The minimum atomic E-state index is -4.80. The molecule has 14 heteroatoms. The Morgan fingerprint density at radius 1 is 1.05 bits per heavy atom. The van der Waals surface area contributed by atoms with E-state index < -0.39 is 29.2 Å². The number of amides is 1. The smallest absolute Gasteiger partial charge is 0.378 e. The minimum Gasteiger partial charge on any atom is -0.378 e. The highest BCUT2D eigenvalue weighted by molar-refractivity contribution is 6.07. The number of alkyl halides is 3. The summed E-state index contributed by atoms with van der Waals surface area (Å²) in [6.45, 7) is 7.49. The summed E-state index contributed by atoms with van der Waals surface area (Å²) in [7, 11) is 2.00. The van der Waals surface area contributed by atoms with Gasteiger partial charge < -0.3 is 19.9 Å². The van der Waals surface area contributed by atoms with E-state index in [-0.39, 0.29) is 23.3 Å². The molecule has 0 spiro atoms. The minimum absolute atomic E-state index is 0.103. The van der Waals surface area contributed by atoms with Crippen molar-refractivity contribution in [2.45, 2.75) is 32.1 Å². The monoisotopic (exact) mass is 562 g/mol. The second kappa shape index (κ2) is 11.0. The van der Waals surface area contributed by atoms with E-state index >= 15 is 4.39 Å². The Balaban J connectivity index is 1.52. The van der Waals surface area contributed by atoms with Gasteiger partial charge in [0.1, 0.15) is 5.82 Å². The molecule has 2 aromatic heterocycles. The quantitative estimate of drug-likeness (QED) is 0.455. The Labute approximate surface area is 228 Å². The lowest BCUT2D eigenvalue weighted by Crippen LogP contribution is -2.55. The predicted molar refractivity (Wildman–Crippen MR) is 141 cm³/mol. The first-order valence-corrected chi connectivity index (χ1v) is 12.9. The van der Waals surface area contributed by atoms with E-state index in [4.69, 9.17) is 4.74 Å². The van der Waals surface area contributed by atoms with Crippen molar-refractivity contribution in [1.29, 1.82) is 0 Å². The third-order valence-corrected chi connectivity index (χ3v) is 7.44. The summed E-state index contributed by atoms with van der Waals surface area (Å²) in [5, 5.41) is 7.83. The third-order valence-electron chi connectivity index (χ3n) is 7.44. The summed E-state index contributed by atoms with van der Waals surface area (Å²) in [4.78, 5) is 27.9. The lowest BCUT2D eigenvalue weighted by Gasteiger charge is -2.44. The summed E-state index contributed by atoms with van der Waals surface area (Å²) in [6.07, 6.45) is -1.01. The molecule has 2 aliphatic rings. The van der Waals surface area contributed by atoms with Crippen molar-refractivity contribution < 1.29 is 27.1 Å². The number of nitrogens with one attached hydrogen (secondary N) is 2. The molecule has 0 unspecified atom stereocenters. The Hall–Kier alpha value is -3.78. The number of likely N-dealkylation sites (N-methyl/N-ethyl adjacent to an activating group) is 1. The largest absolute Gasteiger partial charge is 0.433 e. The lowest BCUT2D eigenvalue weighted by molar-refractivity contribution is -0.141. The van der Waals surface area contributed by atoms with Crippen LogP contribution in [-0.2, 0) is 10.9 Å². The molecule has 1 amide bonds. The number of aromatic nitrogens is 4. The zero-order valence-electron chi connectivity index (χ0n) is 22.3. The Bertz CT molecular complexity index is 1350. The van der Waals surface area contributed by atoms with Crippen LogP contribution < -0.4 is 15.1 Å². The number of carbonyl (C=O) groups excluding carboxylic acids is 1. The fraction of sp³-hybridized carbons (Fsp3) is 0.462. The van der Waals surface area contributed by atoms with Gasteiger partial charge in [0.2, 0.25) is 5.95 Å². The van der Waals surface area contributed by atoms with Gasteiger partial charge in [-0.15, -0.1) is 0 Å². The maximum Gasteiger partial charge on any atom is 0.433 e. The van der Waals surface area contributed by atoms with Gasteiger partial charge in [0.05, 0.1) is 36.3 Å². The second-order valence-corrected chi connectivity index (χ2v) is 10.1. The molecule has 2 aliphatic heterocycles. The normalized spacial score (nSPS) is 20.6. The summed E-state index contributed by atoms with van der Waals surface area (Å²) >= 11 is 0. The van der Waals surface area contributed by atoms with Crippen LogP contribution in [0.5, 0.6) is 0 Å². The van der Waals surface area contributed by atoms with Gasteiger partial charge in [-0.3, -0.25) is 14.8 Å². The van der Waals surface area contributed by atoms with E-state index in [9.17, 15) is 18.0 Å². The fourth-order valence-electron chi connectivity index (χ4n) is 5.00.